The molecule has 2 aromatic heterocycles. The lowest BCUT2D eigenvalue weighted by atomic mass is 9.97. The number of fused-ring (bicyclic) bond motifs is 1. The van der Waals surface area contributed by atoms with Crippen molar-refractivity contribution in [1.29, 1.82) is 0 Å². The van der Waals surface area contributed by atoms with Gasteiger partial charge in [0.05, 0.1) is 17.1 Å². The van der Waals surface area contributed by atoms with E-state index in [0.717, 1.165) is 49.4 Å². The first kappa shape index (κ1) is 18.2. The summed E-state index contributed by atoms with van der Waals surface area (Å²) >= 11 is 6.57. The molecule has 4 rings (SSSR count). The number of aromatic hydroxyl groups is 1. The van der Waals surface area contributed by atoms with Crippen molar-refractivity contribution < 1.29 is 14.9 Å². The second-order valence-corrected chi connectivity index (χ2v) is 7.55. The number of hydrogen-bond acceptors (Lipinski definition) is 3. The second-order valence-electron chi connectivity index (χ2n) is 7.15. The molecule has 0 spiro atoms. The van der Waals surface area contributed by atoms with Gasteiger partial charge in [0.1, 0.15) is 37.4 Å². The van der Waals surface area contributed by atoms with Crippen LogP contribution >= 0.6 is 11.6 Å². The fourth-order valence-corrected chi connectivity index (χ4v) is 4.40. The Bertz CT molecular complexity index is 926. The van der Waals surface area contributed by atoms with E-state index in [-0.39, 0.29) is 11.8 Å². The topological polar surface area (TPSA) is 54.9 Å². The smallest absolute Gasteiger partial charge is 0.160 e. The number of hydrogen-bond donors (Lipinski definition) is 3. The highest BCUT2D eigenvalue weighted by Crippen LogP contribution is 2.36. The molecule has 1 aromatic carbocycles. The van der Waals surface area contributed by atoms with Crippen LogP contribution in [0.25, 0.3) is 10.9 Å². The van der Waals surface area contributed by atoms with Crippen LogP contribution in [0.15, 0.2) is 48.8 Å². The molecular formula is C21H25ClN4O+2. The fourth-order valence-electron chi connectivity index (χ4n) is 4.13. The molecule has 1 atom stereocenters. The van der Waals surface area contributed by atoms with E-state index < -0.39 is 0 Å². The van der Waals surface area contributed by atoms with E-state index >= 15 is 0 Å². The molecule has 27 heavy (non-hydrogen) atoms. The first-order chi connectivity index (χ1) is 13.2. The Morgan fingerprint density at radius 1 is 1.07 bits per heavy atom. The minimum atomic E-state index is -0.0616. The van der Waals surface area contributed by atoms with Gasteiger partial charge in [-0.1, -0.05) is 17.7 Å². The van der Waals surface area contributed by atoms with E-state index in [1.165, 1.54) is 4.90 Å². The maximum atomic E-state index is 11.1. The van der Waals surface area contributed by atoms with Crippen LogP contribution in [0, 0.1) is 0 Å². The largest absolute Gasteiger partial charge is 0.505 e. The standard InChI is InChI=1S/C21H23ClN4O/c1-2-25-10-12-26(13-11-25)20(18-7-3-4-8-23-18)16-14-17(22)15-6-5-9-24-19(15)21(16)27/h3-9,14,20,27H,2,10-13H2,1H3/p+2/t20-/m0/s1. The molecule has 3 heterocycles. The number of quaternary nitrogens is 2. The summed E-state index contributed by atoms with van der Waals surface area (Å²) < 4.78 is 0. The second kappa shape index (κ2) is 7.80. The van der Waals surface area contributed by atoms with E-state index in [0.29, 0.717) is 10.5 Å². The van der Waals surface area contributed by atoms with Crippen molar-refractivity contribution in [2.75, 3.05) is 32.7 Å². The van der Waals surface area contributed by atoms with E-state index in [9.17, 15) is 5.11 Å². The molecular weight excluding hydrogens is 360 g/mol. The van der Waals surface area contributed by atoms with E-state index in [1.54, 1.807) is 11.1 Å². The summed E-state index contributed by atoms with van der Waals surface area (Å²) in [5.74, 6) is 0.212. The van der Waals surface area contributed by atoms with Crippen molar-refractivity contribution >= 4 is 22.5 Å². The van der Waals surface area contributed by atoms with Crippen LogP contribution in [0.4, 0.5) is 0 Å². The molecule has 0 saturated carbocycles. The summed E-state index contributed by atoms with van der Waals surface area (Å²) in [5.41, 5.74) is 2.31. The van der Waals surface area contributed by atoms with Gasteiger partial charge in [0.25, 0.3) is 0 Å². The molecule has 0 unspecified atom stereocenters. The normalized spacial score (nSPS) is 21.3. The number of phenolic OH excluding ortho intramolecular Hbond substituents is 1. The number of halogens is 1. The van der Waals surface area contributed by atoms with Crippen LogP contribution < -0.4 is 9.80 Å². The first-order valence-corrected chi connectivity index (χ1v) is 9.92. The monoisotopic (exact) mass is 384 g/mol. The Morgan fingerprint density at radius 2 is 1.85 bits per heavy atom. The zero-order valence-electron chi connectivity index (χ0n) is 15.5. The summed E-state index contributed by atoms with van der Waals surface area (Å²) in [6, 6.07) is 11.5. The van der Waals surface area contributed by atoms with Gasteiger partial charge in [-0.3, -0.25) is 9.97 Å². The van der Waals surface area contributed by atoms with E-state index in [1.807, 2.05) is 42.6 Å². The molecule has 1 fully saturated rings. The van der Waals surface area contributed by atoms with E-state index in [2.05, 4.69) is 16.9 Å². The lowest BCUT2D eigenvalue weighted by molar-refractivity contribution is -1.02. The average molecular weight is 385 g/mol. The minimum Gasteiger partial charge on any atom is -0.505 e. The van der Waals surface area contributed by atoms with Gasteiger partial charge in [0.15, 0.2) is 11.8 Å². The number of piperazine rings is 1. The Balaban J connectivity index is 1.82. The van der Waals surface area contributed by atoms with Crippen molar-refractivity contribution in [2.45, 2.75) is 13.0 Å². The van der Waals surface area contributed by atoms with Crippen molar-refractivity contribution in [1.82, 2.24) is 9.97 Å². The zero-order chi connectivity index (χ0) is 18.8. The lowest BCUT2D eigenvalue weighted by Gasteiger charge is -2.34. The van der Waals surface area contributed by atoms with E-state index in [4.69, 9.17) is 11.6 Å². The van der Waals surface area contributed by atoms with Crippen LogP contribution in [0.3, 0.4) is 0 Å². The van der Waals surface area contributed by atoms with Gasteiger partial charge in [0, 0.05) is 17.8 Å². The Hall–Kier alpha value is -2.21. The summed E-state index contributed by atoms with van der Waals surface area (Å²) in [5, 5.41) is 12.5. The molecule has 3 aromatic rings. The summed E-state index contributed by atoms with van der Waals surface area (Å²) in [7, 11) is 0. The van der Waals surface area contributed by atoms with Gasteiger partial charge in [-0.25, -0.2) is 0 Å². The third-order valence-corrected chi connectivity index (χ3v) is 5.96. The predicted molar refractivity (Wildman–Crippen MR) is 106 cm³/mol. The third kappa shape index (κ3) is 3.50. The fraction of sp³-hybridized carbons (Fsp3) is 0.333. The third-order valence-electron chi connectivity index (χ3n) is 5.65. The molecule has 0 aliphatic carbocycles. The van der Waals surface area contributed by atoms with Gasteiger partial charge >= 0.3 is 0 Å². The van der Waals surface area contributed by atoms with Crippen LogP contribution in [0.2, 0.25) is 5.02 Å². The predicted octanol–water partition coefficient (Wildman–Crippen LogP) is 0.882. The van der Waals surface area contributed by atoms with Gasteiger partial charge in [-0.2, -0.15) is 0 Å². The van der Waals surface area contributed by atoms with Crippen molar-refractivity contribution in [3.63, 3.8) is 0 Å². The average Bonchev–Trinajstić information content (AvgIpc) is 2.73. The van der Waals surface area contributed by atoms with Crippen molar-refractivity contribution in [3.05, 3.63) is 65.1 Å². The Labute approximate surface area is 164 Å². The van der Waals surface area contributed by atoms with Crippen LogP contribution in [-0.4, -0.2) is 47.8 Å². The number of aromatic nitrogens is 2. The molecule has 140 valence electrons. The highest BCUT2D eigenvalue weighted by molar-refractivity contribution is 6.35. The number of nitrogens with one attached hydrogen (secondary N) is 2. The van der Waals surface area contributed by atoms with Crippen LogP contribution in [-0.2, 0) is 0 Å². The molecule has 1 aliphatic rings. The zero-order valence-corrected chi connectivity index (χ0v) is 16.2. The first-order valence-electron chi connectivity index (χ1n) is 9.54. The minimum absolute atomic E-state index is 0.0616. The number of phenols is 1. The highest BCUT2D eigenvalue weighted by atomic mass is 35.5. The maximum absolute atomic E-state index is 11.1. The summed E-state index contributed by atoms with van der Waals surface area (Å²) in [4.78, 5) is 12.0. The van der Waals surface area contributed by atoms with Gasteiger partial charge in [0.2, 0.25) is 0 Å². The quantitative estimate of drug-likeness (QED) is 0.626. The summed E-state index contributed by atoms with van der Waals surface area (Å²) in [6.07, 6.45) is 3.50. The van der Waals surface area contributed by atoms with Crippen LogP contribution in [0.1, 0.15) is 24.2 Å². The maximum Gasteiger partial charge on any atom is 0.160 e. The molecule has 0 radical (unpaired) electrons. The molecule has 3 N–H and O–H groups in total. The van der Waals surface area contributed by atoms with Gasteiger partial charge in [-0.05, 0) is 37.3 Å². The van der Waals surface area contributed by atoms with Gasteiger partial charge in [-0.15, -0.1) is 0 Å². The molecule has 0 amide bonds. The molecule has 1 aliphatic heterocycles. The molecule has 5 nitrogen and oxygen atoms in total. The number of rotatable bonds is 4. The van der Waals surface area contributed by atoms with Crippen molar-refractivity contribution in [2.24, 2.45) is 0 Å². The number of benzene rings is 1. The number of likely N-dealkylation sites (N-methyl/N-ethyl adjacent to an activating group) is 1. The highest BCUT2D eigenvalue weighted by Gasteiger charge is 2.34. The molecule has 1 saturated heterocycles. The number of nitrogens with zero attached hydrogens (tertiary/aromatic N) is 2. The molecule has 0 bridgehead atoms. The Kier molecular flexibility index (Phi) is 5.25. The molecule has 6 heteroatoms. The Morgan fingerprint density at radius 3 is 2.56 bits per heavy atom. The SMILES string of the molecule is CC[NH+]1CC[NH+]([C@H](c2ccccn2)c2cc(Cl)c3cccnc3c2O)CC1. The number of pyridine rings is 2. The lowest BCUT2D eigenvalue weighted by Crippen LogP contribution is -3.28. The van der Waals surface area contributed by atoms with Gasteiger partial charge < -0.3 is 14.9 Å². The van der Waals surface area contributed by atoms with Crippen molar-refractivity contribution in [3.8, 4) is 5.75 Å². The van der Waals surface area contributed by atoms with Crippen LogP contribution in [0.5, 0.6) is 5.75 Å². The summed E-state index contributed by atoms with van der Waals surface area (Å²) in [6.45, 7) is 7.68.